The molecule has 1 aromatic carbocycles. The van der Waals surface area contributed by atoms with Gasteiger partial charge in [-0.3, -0.25) is 5.10 Å². The van der Waals surface area contributed by atoms with Gasteiger partial charge in [0, 0.05) is 26.9 Å². The molecule has 6 nitrogen and oxygen atoms in total. The molecule has 5 rings (SSSR count). The number of nitrogens with zero attached hydrogens (tertiary/aromatic N) is 5. The predicted octanol–water partition coefficient (Wildman–Crippen LogP) is 4.21. The third-order valence-electron chi connectivity index (χ3n) is 4.66. The van der Waals surface area contributed by atoms with Crippen LogP contribution in [0.4, 0.5) is 0 Å². The van der Waals surface area contributed by atoms with Crippen LogP contribution in [0, 0.1) is 0 Å². The number of aromatic nitrogens is 5. The molecule has 0 radical (unpaired) electrons. The normalized spacial score (nSPS) is 18.6. The van der Waals surface area contributed by atoms with E-state index in [1.165, 1.54) is 11.3 Å². The number of aromatic amines is 1. The number of aryl methyl sites for hydroxylation is 1. The van der Waals surface area contributed by atoms with Gasteiger partial charge >= 0.3 is 0 Å². The Hall–Kier alpha value is -1.83. The van der Waals surface area contributed by atoms with E-state index in [1.807, 2.05) is 12.1 Å². The molecule has 0 spiro atoms. The minimum absolute atomic E-state index is 0.110. The summed E-state index contributed by atoms with van der Waals surface area (Å²) >= 11 is 14.0. The lowest BCUT2D eigenvalue weighted by atomic mass is 10.1. The minimum Gasteiger partial charge on any atom is -0.282 e. The summed E-state index contributed by atoms with van der Waals surface area (Å²) in [7, 11) is 0. The van der Waals surface area contributed by atoms with Gasteiger partial charge < -0.3 is 0 Å². The lowest BCUT2D eigenvalue weighted by Gasteiger charge is -2.20. The van der Waals surface area contributed by atoms with Crippen molar-refractivity contribution in [1.82, 2.24) is 25.1 Å². The van der Waals surface area contributed by atoms with E-state index in [2.05, 4.69) is 27.3 Å². The van der Waals surface area contributed by atoms with Crippen LogP contribution in [0.5, 0.6) is 0 Å². The van der Waals surface area contributed by atoms with Crippen molar-refractivity contribution in [2.45, 2.75) is 36.6 Å². The topological polar surface area (TPSA) is 71.8 Å². The molecule has 0 saturated heterocycles. The molecule has 0 amide bonds. The van der Waals surface area contributed by atoms with Gasteiger partial charge in [-0.05, 0) is 44.4 Å². The summed E-state index contributed by atoms with van der Waals surface area (Å²) in [5, 5.41) is 23.2. The number of rotatable bonds is 2. The Balaban J connectivity index is 1.65. The Morgan fingerprint density at radius 1 is 1.15 bits per heavy atom. The third kappa shape index (κ3) is 2.57. The number of H-pyrrole nitrogens is 1. The van der Waals surface area contributed by atoms with Crippen LogP contribution in [-0.2, 0) is 12.8 Å². The van der Waals surface area contributed by atoms with Crippen molar-refractivity contribution in [1.29, 1.82) is 0 Å². The summed E-state index contributed by atoms with van der Waals surface area (Å²) in [4.78, 5) is 0. The highest BCUT2D eigenvalue weighted by atomic mass is 35.5. The molecule has 2 aromatic heterocycles. The maximum absolute atomic E-state index is 6.18. The molecule has 3 aromatic rings. The Kier molecular flexibility index (Phi) is 3.84. The van der Waals surface area contributed by atoms with Crippen LogP contribution in [-0.4, -0.2) is 36.0 Å². The first-order valence-electron chi connectivity index (χ1n) is 8.34. The maximum atomic E-state index is 6.18. The zero-order valence-corrected chi connectivity index (χ0v) is 16.2. The van der Waals surface area contributed by atoms with Gasteiger partial charge in [-0.25, -0.2) is 0 Å². The quantitative estimate of drug-likeness (QED) is 0.693. The smallest absolute Gasteiger partial charge is 0.213 e. The van der Waals surface area contributed by atoms with Gasteiger partial charge in [-0.2, -0.15) is 14.9 Å². The first-order valence-corrected chi connectivity index (χ1v) is 9.97. The molecular formula is C17H14Cl2N6S. The van der Waals surface area contributed by atoms with Crippen LogP contribution in [0.15, 0.2) is 28.5 Å². The molecule has 1 aliphatic heterocycles. The van der Waals surface area contributed by atoms with Crippen molar-refractivity contribution in [3.05, 3.63) is 45.1 Å². The lowest BCUT2D eigenvalue weighted by molar-refractivity contribution is 0.750. The fraction of sp³-hybridized carbons (Fsp3) is 0.294. The molecule has 1 aliphatic carbocycles. The number of halogens is 2. The highest BCUT2D eigenvalue weighted by Crippen LogP contribution is 2.36. The maximum Gasteiger partial charge on any atom is 0.213 e. The van der Waals surface area contributed by atoms with E-state index in [0.717, 1.165) is 41.4 Å². The Labute approximate surface area is 164 Å². The van der Waals surface area contributed by atoms with Crippen molar-refractivity contribution >= 4 is 40.7 Å². The number of fused-ring (bicyclic) bond motifs is 2. The molecule has 26 heavy (non-hydrogen) atoms. The van der Waals surface area contributed by atoms with Crippen LogP contribution >= 0.6 is 35.0 Å². The molecule has 0 fully saturated rings. The second-order valence-corrected chi connectivity index (χ2v) is 8.59. The van der Waals surface area contributed by atoms with E-state index in [1.54, 1.807) is 22.5 Å². The SMILES string of the molecule is CC1Sc2nnc(-c3n[nH]c4c3CCC4)n2N=C1c1cc(Cl)cc(Cl)c1. The highest BCUT2D eigenvalue weighted by molar-refractivity contribution is 8.00. The van der Waals surface area contributed by atoms with Crippen LogP contribution in [0.2, 0.25) is 10.0 Å². The Morgan fingerprint density at radius 2 is 1.96 bits per heavy atom. The first kappa shape index (κ1) is 16.4. The molecule has 0 saturated carbocycles. The van der Waals surface area contributed by atoms with Crippen molar-refractivity contribution in [3.63, 3.8) is 0 Å². The average Bonchev–Trinajstić information content (AvgIpc) is 3.28. The first-order chi connectivity index (χ1) is 12.6. The van der Waals surface area contributed by atoms with Gasteiger partial charge in [-0.1, -0.05) is 35.0 Å². The molecule has 2 aliphatic rings. The second-order valence-electron chi connectivity index (χ2n) is 6.40. The standard InChI is InChI=1S/C17H14Cl2N6S/c1-8-14(9-5-10(18)7-11(19)6-9)24-25-16(22-23-17(25)26-8)15-12-3-2-4-13(12)20-21-15/h5-8H,2-4H2,1H3,(H,20,21). The van der Waals surface area contributed by atoms with Gasteiger partial charge in [0.15, 0.2) is 0 Å². The van der Waals surface area contributed by atoms with Crippen molar-refractivity contribution in [2.24, 2.45) is 5.10 Å². The van der Waals surface area contributed by atoms with E-state index in [4.69, 9.17) is 28.3 Å². The average molecular weight is 405 g/mol. The minimum atomic E-state index is 0.110. The number of nitrogens with one attached hydrogen (secondary N) is 1. The molecule has 9 heteroatoms. The molecule has 1 unspecified atom stereocenters. The van der Waals surface area contributed by atoms with Gasteiger partial charge in [0.2, 0.25) is 11.0 Å². The molecule has 132 valence electrons. The van der Waals surface area contributed by atoms with Gasteiger partial charge in [-0.15, -0.1) is 10.2 Å². The third-order valence-corrected chi connectivity index (χ3v) is 6.14. The predicted molar refractivity (Wildman–Crippen MR) is 103 cm³/mol. The summed E-state index contributed by atoms with van der Waals surface area (Å²) in [5.41, 5.74) is 5.06. The zero-order chi connectivity index (χ0) is 17.8. The highest BCUT2D eigenvalue weighted by Gasteiger charge is 2.29. The van der Waals surface area contributed by atoms with Crippen LogP contribution in [0.25, 0.3) is 11.5 Å². The van der Waals surface area contributed by atoms with Crippen molar-refractivity contribution in [3.8, 4) is 11.5 Å². The molecule has 3 heterocycles. The van der Waals surface area contributed by atoms with Crippen molar-refractivity contribution < 1.29 is 0 Å². The number of thioether (sulfide) groups is 1. The summed E-state index contributed by atoms with van der Waals surface area (Å²) in [6.07, 6.45) is 3.18. The van der Waals surface area contributed by atoms with Gasteiger partial charge in [0.05, 0.1) is 11.0 Å². The fourth-order valence-electron chi connectivity index (χ4n) is 3.48. The van der Waals surface area contributed by atoms with E-state index < -0.39 is 0 Å². The zero-order valence-electron chi connectivity index (χ0n) is 13.8. The summed E-state index contributed by atoms with van der Waals surface area (Å²) in [6.45, 7) is 2.09. The summed E-state index contributed by atoms with van der Waals surface area (Å²) in [6, 6.07) is 5.48. The Bertz CT molecular complexity index is 1030. The fourth-order valence-corrected chi connectivity index (χ4v) is 4.93. The number of hydrogen-bond acceptors (Lipinski definition) is 5. The van der Waals surface area contributed by atoms with Gasteiger partial charge in [0.25, 0.3) is 0 Å². The van der Waals surface area contributed by atoms with E-state index >= 15 is 0 Å². The van der Waals surface area contributed by atoms with E-state index in [9.17, 15) is 0 Å². The van der Waals surface area contributed by atoms with E-state index in [0.29, 0.717) is 15.9 Å². The molecule has 1 atom stereocenters. The second kappa shape index (κ2) is 6.11. The molecule has 0 bridgehead atoms. The summed E-state index contributed by atoms with van der Waals surface area (Å²) in [5.74, 6) is 0.671. The number of hydrogen-bond donors (Lipinski definition) is 1. The van der Waals surface area contributed by atoms with Crippen LogP contribution in [0.3, 0.4) is 0 Å². The largest absolute Gasteiger partial charge is 0.282 e. The lowest BCUT2D eigenvalue weighted by Crippen LogP contribution is -2.22. The molecule has 1 N–H and O–H groups in total. The summed E-state index contributed by atoms with van der Waals surface area (Å²) < 4.78 is 1.78. The van der Waals surface area contributed by atoms with Gasteiger partial charge in [0.1, 0.15) is 5.69 Å². The van der Waals surface area contributed by atoms with Crippen LogP contribution in [0.1, 0.15) is 30.2 Å². The Morgan fingerprint density at radius 3 is 2.77 bits per heavy atom. The monoisotopic (exact) mass is 404 g/mol. The van der Waals surface area contributed by atoms with E-state index in [-0.39, 0.29) is 5.25 Å². The van der Waals surface area contributed by atoms with Crippen LogP contribution < -0.4 is 0 Å². The molecular weight excluding hydrogens is 391 g/mol. The van der Waals surface area contributed by atoms with Crippen molar-refractivity contribution in [2.75, 3.05) is 0 Å². The number of benzene rings is 1.